The molecule has 1 aliphatic rings. The molecular formula is C20H21Cl2NO2. The van der Waals surface area contributed by atoms with Crippen molar-refractivity contribution in [1.82, 2.24) is 5.32 Å². The molecule has 0 spiro atoms. The van der Waals surface area contributed by atoms with Crippen LogP contribution in [-0.2, 0) is 17.6 Å². The Bertz CT molecular complexity index is 776. The van der Waals surface area contributed by atoms with E-state index in [1.165, 1.54) is 24.0 Å². The molecule has 5 heteroatoms. The monoisotopic (exact) mass is 377 g/mol. The van der Waals surface area contributed by atoms with Crippen LogP contribution in [0.25, 0.3) is 0 Å². The van der Waals surface area contributed by atoms with E-state index in [1.54, 1.807) is 18.2 Å². The first-order valence-corrected chi connectivity index (χ1v) is 9.27. The summed E-state index contributed by atoms with van der Waals surface area (Å²) in [6.07, 6.45) is 4.80. The van der Waals surface area contributed by atoms with Crippen molar-refractivity contribution < 1.29 is 9.53 Å². The number of hydrogen-bond acceptors (Lipinski definition) is 2. The maximum absolute atomic E-state index is 12.2. The second-order valence-electron chi connectivity index (χ2n) is 6.39. The summed E-state index contributed by atoms with van der Waals surface area (Å²) in [5.41, 5.74) is 3.97. The summed E-state index contributed by atoms with van der Waals surface area (Å²) in [4.78, 5) is 12.2. The van der Waals surface area contributed by atoms with Crippen molar-refractivity contribution in [3.05, 3.63) is 63.1 Å². The van der Waals surface area contributed by atoms with Crippen LogP contribution in [0.2, 0.25) is 10.0 Å². The molecule has 2 aromatic rings. The lowest BCUT2D eigenvalue weighted by molar-refractivity contribution is -0.123. The molecule has 1 amide bonds. The zero-order chi connectivity index (χ0) is 17.8. The van der Waals surface area contributed by atoms with E-state index < -0.39 is 0 Å². The Hall–Kier alpha value is -1.71. The molecule has 1 N–H and O–H groups in total. The van der Waals surface area contributed by atoms with Gasteiger partial charge in [0.25, 0.3) is 5.91 Å². The molecule has 3 rings (SSSR count). The minimum atomic E-state index is -0.184. The summed E-state index contributed by atoms with van der Waals surface area (Å²) >= 11 is 11.9. The molecule has 0 aromatic heterocycles. The first-order valence-electron chi connectivity index (χ1n) is 8.52. The van der Waals surface area contributed by atoms with Gasteiger partial charge >= 0.3 is 0 Å². The van der Waals surface area contributed by atoms with E-state index in [-0.39, 0.29) is 18.6 Å². The average molecular weight is 378 g/mol. The predicted octanol–water partition coefficient (Wildman–Crippen LogP) is 5.13. The summed E-state index contributed by atoms with van der Waals surface area (Å²) in [6.45, 7) is 1.90. The number of fused-ring (bicyclic) bond motifs is 1. The Morgan fingerprint density at radius 2 is 1.88 bits per heavy atom. The zero-order valence-corrected chi connectivity index (χ0v) is 15.7. The van der Waals surface area contributed by atoms with E-state index >= 15 is 0 Å². The fourth-order valence-electron chi connectivity index (χ4n) is 3.12. The lowest BCUT2D eigenvalue weighted by Crippen LogP contribution is -2.31. The molecule has 2 aromatic carbocycles. The van der Waals surface area contributed by atoms with Gasteiger partial charge < -0.3 is 10.1 Å². The minimum Gasteiger partial charge on any atom is -0.482 e. The molecule has 0 unspecified atom stereocenters. The average Bonchev–Trinajstić information content (AvgIpc) is 2.60. The molecular weight excluding hydrogens is 357 g/mol. The quantitative estimate of drug-likeness (QED) is 0.784. The zero-order valence-electron chi connectivity index (χ0n) is 14.1. The number of aryl methyl sites for hydroxylation is 2. The van der Waals surface area contributed by atoms with Crippen LogP contribution >= 0.6 is 23.2 Å². The molecule has 132 valence electrons. The second kappa shape index (κ2) is 8.11. The summed E-state index contributed by atoms with van der Waals surface area (Å²) < 4.78 is 5.48. The van der Waals surface area contributed by atoms with Crippen molar-refractivity contribution in [2.45, 2.75) is 38.6 Å². The van der Waals surface area contributed by atoms with Crippen molar-refractivity contribution in [2.75, 3.05) is 6.61 Å². The highest BCUT2D eigenvalue weighted by molar-refractivity contribution is 6.35. The van der Waals surface area contributed by atoms with Crippen LogP contribution in [0.5, 0.6) is 5.75 Å². The summed E-state index contributed by atoms with van der Waals surface area (Å²) in [5, 5.41) is 3.89. The molecule has 0 bridgehead atoms. The van der Waals surface area contributed by atoms with Crippen molar-refractivity contribution in [3.63, 3.8) is 0 Å². The molecule has 0 radical (unpaired) electrons. The highest BCUT2D eigenvalue weighted by Gasteiger charge is 2.14. The van der Waals surface area contributed by atoms with Crippen molar-refractivity contribution in [2.24, 2.45) is 0 Å². The summed E-state index contributed by atoms with van der Waals surface area (Å²) in [7, 11) is 0. The largest absolute Gasteiger partial charge is 0.482 e. The Balaban J connectivity index is 1.57. The lowest BCUT2D eigenvalue weighted by Gasteiger charge is -2.20. The third-order valence-electron chi connectivity index (χ3n) is 4.50. The summed E-state index contributed by atoms with van der Waals surface area (Å²) in [5.74, 6) is 0.263. The number of halogens is 2. The Kier molecular flexibility index (Phi) is 5.87. The minimum absolute atomic E-state index is 0.0657. The third kappa shape index (κ3) is 4.68. The van der Waals surface area contributed by atoms with E-state index in [0.29, 0.717) is 15.8 Å². The van der Waals surface area contributed by atoms with Crippen LogP contribution in [0.4, 0.5) is 0 Å². The third-order valence-corrected chi connectivity index (χ3v) is 5.03. The van der Waals surface area contributed by atoms with E-state index in [0.717, 1.165) is 18.4 Å². The molecule has 0 saturated heterocycles. The molecule has 0 fully saturated rings. The number of nitrogens with one attached hydrogen (secondary N) is 1. The van der Waals surface area contributed by atoms with E-state index in [1.807, 2.05) is 6.92 Å². The predicted molar refractivity (Wildman–Crippen MR) is 102 cm³/mol. The Labute approximate surface area is 158 Å². The number of hydrogen-bond donors (Lipinski definition) is 1. The molecule has 1 aliphatic carbocycles. The standard InChI is InChI=1S/C20H21Cl2NO2/c1-13(15-7-6-14-4-2-3-5-16(14)10-15)23-20(24)12-25-19-9-8-17(21)11-18(19)22/h6-11,13H,2-5,12H2,1H3,(H,23,24)/t13-/m1/s1. The van der Waals surface area contributed by atoms with Crippen LogP contribution in [0.1, 0.15) is 42.5 Å². The maximum Gasteiger partial charge on any atom is 0.258 e. The normalized spacial score (nSPS) is 14.5. The highest BCUT2D eigenvalue weighted by Crippen LogP contribution is 2.27. The van der Waals surface area contributed by atoms with Gasteiger partial charge in [-0.3, -0.25) is 4.79 Å². The topological polar surface area (TPSA) is 38.3 Å². The molecule has 25 heavy (non-hydrogen) atoms. The van der Waals surface area contributed by atoms with Gasteiger partial charge in [0.05, 0.1) is 11.1 Å². The number of amides is 1. The smallest absolute Gasteiger partial charge is 0.258 e. The van der Waals surface area contributed by atoms with Crippen LogP contribution in [0, 0.1) is 0 Å². The van der Waals surface area contributed by atoms with Gasteiger partial charge in [-0.05, 0) is 67.5 Å². The van der Waals surface area contributed by atoms with E-state index in [9.17, 15) is 4.79 Å². The highest BCUT2D eigenvalue weighted by atomic mass is 35.5. The number of ether oxygens (including phenoxy) is 1. The number of rotatable bonds is 5. The van der Waals surface area contributed by atoms with Gasteiger partial charge in [-0.1, -0.05) is 41.4 Å². The van der Waals surface area contributed by atoms with E-state index in [4.69, 9.17) is 27.9 Å². The van der Waals surface area contributed by atoms with Crippen LogP contribution < -0.4 is 10.1 Å². The summed E-state index contributed by atoms with van der Waals surface area (Å²) in [6, 6.07) is 11.4. The van der Waals surface area contributed by atoms with Gasteiger partial charge in [0.1, 0.15) is 5.75 Å². The molecule has 1 atom stereocenters. The molecule has 0 saturated carbocycles. The second-order valence-corrected chi connectivity index (χ2v) is 7.23. The van der Waals surface area contributed by atoms with Gasteiger partial charge in [-0.15, -0.1) is 0 Å². The van der Waals surface area contributed by atoms with Gasteiger partial charge in [0, 0.05) is 5.02 Å². The Morgan fingerprint density at radius 1 is 1.12 bits per heavy atom. The van der Waals surface area contributed by atoms with Gasteiger partial charge in [-0.2, -0.15) is 0 Å². The maximum atomic E-state index is 12.2. The fraction of sp³-hybridized carbons (Fsp3) is 0.350. The first kappa shape index (κ1) is 18.1. The van der Waals surface area contributed by atoms with Crippen LogP contribution in [0.3, 0.4) is 0 Å². The number of carbonyl (C=O) groups excluding carboxylic acids is 1. The van der Waals surface area contributed by atoms with Gasteiger partial charge in [0.15, 0.2) is 6.61 Å². The van der Waals surface area contributed by atoms with Crippen molar-refractivity contribution in [1.29, 1.82) is 0 Å². The van der Waals surface area contributed by atoms with Crippen LogP contribution in [-0.4, -0.2) is 12.5 Å². The van der Waals surface area contributed by atoms with Crippen LogP contribution in [0.15, 0.2) is 36.4 Å². The SMILES string of the molecule is C[C@@H](NC(=O)COc1ccc(Cl)cc1Cl)c1ccc2c(c1)CCCC2. The Morgan fingerprint density at radius 3 is 2.64 bits per heavy atom. The van der Waals surface area contributed by atoms with Crippen molar-refractivity contribution in [3.8, 4) is 5.75 Å². The van der Waals surface area contributed by atoms with E-state index in [2.05, 4.69) is 23.5 Å². The molecule has 0 heterocycles. The first-order chi connectivity index (χ1) is 12.0. The molecule has 0 aliphatic heterocycles. The van der Waals surface area contributed by atoms with Gasteiger partial charge in [-0.25, -0.2) is 0 Å². The molecule has 3 nitrogen and oxygen atoms in total. The number of benzene rings is 2. The van der Waals surface area contributed by atoms with Gasteiger partial charge in [0.2, 0.25) is 0 Å². The lowest BCUT2D eigenvalue weighted by atomic mass is 9.89. The fourth-order valence-corrected chi connectivity index (χ4v) is 3.59. The number of carbonyl (C=O) groups is 1. The van der Waals surface area contributed by atoms with Crippen molar-refractivity contribution >= 4 is 29.1 Å².